The minimum atomic E-state index is -0.154. The van der Waals surface area contributed by atoms with Gasteiger partial charge in [0.2, 0.25) is 0 Å². The molecule has 0 bridgehead atoms. The molecule has 3 aromatic carbocycles. The number of hydrogen-bond donors (Lipinski definition) is 0. The average molecular weight is 473 g/mol. The lowest BCUT2D eigenvalue weighted by atomic mass is 10.1. The second-order valence-electron chi connectivity index (χ2n) is 9.47. The van der Waals surface area contributed by atoms with Gasteiger partial charge in [-0.05, 0) is 35.4 Å². The standard InChI is InChI=1S/C29H33FN4O/c30-27-8-4-5-9-28(27)33-18-14-31(15-19-33)23-25-10-12-26(13-11-25)29(35)34-20-16-32(17-21-34)22-24-6-2-1-3-7-24/h1-13H,14-23H2. The molecule has 2 saturated heterocycles. The zero-order valence-corrected chi connectivity index (χ0v) is 20.2. The SMILES string of the molecule is O=C(c1ccc(CN2CCN(c3ccccc3F)CC2)cc1)N1CCN(Cc2ccccc2)CC1. The minimum absolute atomic E-state index is 0.120. The summed E-state index contributed by atoms with van der Waals surface area (Å²) in [5, 5.41) is 0. The maximum Gasteiger partial charge on any atom is 0.253 e. The van der Waals surface area contributed by atoms with E-state index in [0.29, 0.717) is 5.69 Å². The van der Waals surface area contributed by atoms with E-state index in [-0.39, 0.29) is 11.7 Å². The highest BCUT2D eigenvalue weighted by Crippen LogP contribution is 2.21. The van der Waals surface area contributed by atoms with E-state index < -0.39 is 0 Å². The zero-order chi connectivity index (χ0) is 24.0. The van der Waals surface area contributed by atoms with E-state index in [4.69, 9.17) is 0 Å². The Morgan fingerprint density at radius 1 is 0.629 bits per heavy atom. The first-order valence-corrected chi connectivity index (χ1v) is 12.5. The molecule has 1 amide bonds. The molecular formula is C29H33FN4O. The molecule has 2 aliphatic rings. The number of nitrogens with zero attached hydrogens (tertiary/aromatic N) is 4. The smallest absolute Gasteiger partial charge is 0.253 e. The number of para-hydroxylation sites is 1. The number of halogens is 1. The van der Waals surface area contributed by atoms with Crippen molar-refractivity contribution < 1.29 is 9.18 Å². The molecule has 0 atom stereocenters. The van der Waals surface area contributed by atoms with Crippen molar-refractivity contribution in [2.24, 2.45) is 0 Å². The van der Waals surface area contributed by atoms with Gasteiger partial charge in [0.25, 0.3) is 5.91 Å². The largest absolute Gasteiger partial charge is 0.367 e. The number of carbonyl (C=O) groups excluding carboxylic acids is 1. The molecule has 5 nitrogen and oxygen atoms in total. The van der Waals surface area contributed by atoms with Crippen LogP contribution in [0.25, 0.3) is 0 Å². The lowest BCUT2D eigenvalue weighted by Crippen LogP contribution is -2.48. The maximum atomic E-state index is 14.1. The number of piperazine rings is 2. The van der Waals surface area contributed by atoms with Gasteiger partial charge in [-0.15, -0.1) is 0 Å². The molecule has 0 radical (unpaired) electrons. The van der Waals surface area contributed by atoms with Gasteiger partial charge in [0, 0.05) is 71.0 Å². The highest BCUT2D eigenvalue weighted by molar-refractivity contribution is 5.94. The van der Waals surface area contributed by atoms with Gasteiger partial charge in [-0.3, -0.25) is 14.6 Å². The van der Waals surface area contributed by atoms with Crippen molar-refractivity contribution in [1.29, 1.82) is 0 Å². The number of benzene rings is 3. The Hall–Kier alpha value is -3.22. The molecular weight excluding hydrogens is 439 g/mol. The summed E-state index contributed by atoms with van der Waals surface area (Å²) in [5.74, 6) is -0.0340. The van der Waals surface area contributed by atoms with Crippen molar-refractivity contribution in [2.75, 3.05) is 57.3 Å². The number of carbonyl (C=O) groups is 1. The molecule has 5 rings (SSSR count). The van der Waals surface area contributed by atoms with Crippen LogP contribution in [0.15, 0.2) is 78.9 Å². The van der Waals surface area contributed by atoms with Crippen LogP contribution < -0.4 is 4.90 Å². The van der Waals surface area contributed by atoms with Crippen molar-refractivity contribution in [1.82, 2.24) is 14.7 Å². The van der Waals surface area contributed by atoms with Crippen LogP contribution in [0.3, 0.4) is 0 Å². The Morgan fingerprint density at radius 3 is 1.80 bits per heavy atom. The Labute approximate surface area is 207 Å². The first-order valence-electron chi connectivity index (χ1n) is 12.5. The van der Waals surface area contributed by atoms with Gasteiger partial charge in [-0.1, -0.05) is 54.6 Å². The molecule has 0 spiro atoms. The van der Waals surface area contributed by atoms with Crippen LogP contribution in [0.4, 0.5) is 10.1 Å². The first-order chi connectivity index (χ1) is 17.2. The molecule has 6 heteroatoms. The lowest BCUT2D eigenvalue weighted by molar-refractivity contribution is 0.0628. The second-order valence-corrected chi connectivity index (χ2v) is 9.47. The quantitative estimate of drug-likeness (QED) is 0.540. The van der Waals surface area contributed by atoms with Gasteiger partial charge in [-0.2, -0.15) is 0 Å². The molecule has 0 N–H and O–H groups in total. The fourth-order valence-corrected chi connectivity index (χ4v) is 5.00. The predicted octanol–water partition coefficient (Wildman–Crippen LogP) is 4.11. The van der Waals surface area contributed by atoms with E-state index in [1.165, 1.54) is 17.2 Å². The summed E-state index contributed by atoms with van der Waals surface area (Å²) in [6.07, 6.45) is 0. The van der Waals surface area contributed by atoms with Gasteiger partial charge >= 0.3 is 0 Å². The Morgan fingerprint density at radius 2 is 1.17 bits per heavy atom. The van der Waals surface area contributed by atoms with Crippen LogP contribution in [0.2, 0.25) is 0 Å². The highest BCUT2D eigenvalue weighted by Gasteiger charge is 2.23. The highest BCUT2D eigenvalue weighted by atomic mass is 19.1. The Bertz CT molecular complexity index is 1110. The van der Waals surface area contributed by atoms with Crippen LogP contribution in [0.5, 0.6) is 0 Å². The first kappa shape index (κ1) is 23.5. The third kappa shape index (κ3) is 5.89. The van der Waals surface area contributed by atoms with E-state index in [0.717, 1.165) is 71.0 Å². The average Bonchev–Trinajstić information content (AvgIpc) is 2.91. The van der Waals surface area contributed by atoms with Gasteiger partial charge in [0.15, 0.2) is 0 Å². The summed E-state index contributed by atoms with van der Waals surface area (Å²) in [4.78, 5) is 21.9. The fraction of sp³-hybridized carbons (Fsp3) is 0.345. The molecule has 35 heavy (non-hydrogen) atoms. The molecule has 0 aromatic heterocycles. The van der Waals surface area contributed by atoms with Crippen molar-refractivity contribution in [2.45, 2.75) is 13.1 Å². The summed E-state index contributed by atoms with van der Waals surface area (Å²) in [6, 6.07) is 25.6. The third-order valence-corrected chi connectivity index (χ3v) is 7.08. The molecule has 3 aromatic rings. The van der Waals surface area contributed by atoms with Gasteiger partial charge in [0.1, 0.15) is 5.82 Å². The van der Waals surface area contributed by atoms with E-state index in [1.54, 1.807) is 6.07 Å². The molecule has 0 saturated carbocycles. The van der Waals surface area contributed by atoms with Gasteiger partial charge in [-0.25, -0.2) is 4.39 Å². The summed E-state index contributed by atoms with van der Waals surface area (Å²) < 4.78 is 14.1. The van der Waals surface area contributed by atoms with Crippen LogP contribution in [0.1, 0.15) is 21.5 Å². The van der Waals surface area contributed by atoms with Crippen LogP contribution in [-0.2, 0) is 13.1 Å². The van der Waals surface area contributed by atoms with Gasteiger partial charge in [0.05, 0.1) is 5.69 Å². The van der Waals surface area contributed by atoms with Crippen LogP contribution >= 0.6 is 0 Å². The molecule has 2 fully saturated rings. The summed E-state index contributed by atoms with van der Waals surface area (Å²) in [5.41, 5.74) is 3.97. The molecule has 0 unspecified atom stereocenters. The zero-order valence-electron chi connectivity index (χ0n) is 20.2. The summed E-state index contributed by atoms with van der Waals surface area (Å²) >= 11 is 0. The number of hydrogen-bond acceptors (Lipinski definition) is 4. The van der Waals surface area contributed by atoms with Crippen molar-refractivity contribution in [3.05, 3.63) is 101 Å². The van der Waals surface area contributed by atoms with E-state index in [9.17, 15) is 9.18 Å². The Balaban J connectivity index is 1.09. The molecule has 2 aliphatic heterocycles. The fourth-order valence-electron chi connectivity index (χ4n) is 5.00. The van der Waals surface area contributed by atoms with Crippen molar-refractivity contribution in [3.63, 3.8) is 0 Å². The maximum absolute atomic E-state index is 14.1. The van der Waals surface area contributed by atoms with Crippen molar-refractivity contribution in [3.8, 4) is 0 Å². The summed E-state index contributed by atoms with van der Waals surface area (Å²) in [6.45, 7) is 8.52. The third-order valence-electron chi connectivity index (χ3n) is 7.08. The normalized spacial score (nSPS) is 17.5. The number of amides is 1. The number of anilines is 1. The van der Waals surface area contributed by atoms with Crippen LogP contribution in [0, 0.1) is 5.82 Å². The Kier molecular flexibility index (Phi) is 7.40. The number of rotatable bonds is 6. The summed E-state index contributed by atoms with van der Waals surface area (Å²) in [7, 11) is 0. The predicted molar refractivity (Wildman–Crippen MR) is 138 cm³/mol. The second kappa shape index (κ2) is 11.0. The monoisotopic (exact) mass is 472 g/mol. The van der Waals surface area contributed by atoms with E-state index in [2.05, 4.69) is 51.1 Å². The topological polar surface area (TPSA) is 30.0 Å². The van der Waals surface area contributed by atoms with Gasteiger partial charge < -0.3 is 9.80 Å². The van der Waals surface area contributed by atoms with E-state index >= 15 is 0 Å². The molecule has 182 valence electrons. The minimum Gasteiger partial charge on any atom is -0.367 e. The lowest BCUT2D eigenvalue weighted by Gasteiger charge is -2.36. The van der Waals surface area contributed by atoms with Crippen molar-refractivity contribution >= 4 is 11.6 Å². The van der Waals surface area contributed by atoms with E-state index in [1.807, 2.05) is 35.2 Å². The van der Waals surface area contributed by atoms with Crippen LogP contribution in [-0.4, -0.2) is 73.0 Å². The molecule has 0 aliphatic carbocycles. The molecule has 2 heterocycles.